The Morgan fingerprint density at radius 1 is 1.06 bits per heavy atom. The molecule has 0 saturated carbocycles. The van der Waals surface area contributed by atoms with Crippen molar-refractivity contribution in [2.75, 3.05) is 25.7 Å². The summed E-state index contributed by atoms with van der Waals surface area (Å²) in [5, 5.41) is 2.68. The van der Waals surface area contributed by atoms with Gasteiger partial charge in [0.1, 0.15) is 29.4 Å². The largest absolute Gasteiger partial charge is 0.495 e. The fourth-order valence-electron chi connectivity index (χ4n) is 2.93. The fraction of sp³-hybridized carbons (Fsp3) is 0.136. The first-order valence-corrected chi connectivity index (χ1v) is 9.75. The number of ether oxygens (including phenoxy) is 3. The lowest BCUT2D eigenvalue weighted by molar-refractivity contribution is -0.122. The number of carbonyl (C=O) groups is 3. The van der Waals surface area contributed by atoms with Gasteiger partial charge in [-0.3, -0.25) is 14.9 Å². The summed E-state index contributed by atoms with van der Waals surface area (Å²) < 4.78 is 15.9. The fourth-order valence-corrected chi connectivity index (χ4v) is 3.35. The van der Waals surface area contributed by atoms with Crippen molar-refractivity contribution >= 4 is 52.8 Å². The van der Waals surface area contributed by atoms with Crippen LogP contribution >= 0.6 is 23.2 Å². The molecule has 10 heteroatoms. The van der Waals surface area contributed by atoms with Crippen LogP contribution in [0.15, 0.2) is 35.9 Å². The van der Waals surface area contributed by atoms with Crippen molar-refractivity contribution in [3.8, 4) is 29.6 Å². The summed E-state index contributed by atoms with van der Waals surface area (Å²) in [6.45, 7) is -0.0374. The number of barbiturate groups is 1. The lowest BCUT2D eigenvalue weighted by atomic mass is 10.1. The van der Waals surface area contributed by atoms with Gasteiger partial charge in [-0.05, 0) is 24.3 Å². The van der Waals surface area contributed by atoms with E-state index in [1.54, 1.807) is 12.1 Å². The van der Waals surface area contributed by atoms with E-state index in [0.717, 1.165) is 4.90 Å². The van der Waals surface area contributed by atoms with E-state index in [-0.39, 0.29) is 34.4 Å². The molecule has 0 bridgehead atoms. The van der Waals surface area contributed by atoms with Crippen molar-refractivity contribution in [3.63, 3.8) is 0 Å². The van der Waals surface area contributed by atoms with Crippen LogP contribution in [0.4, 0.5) is 10.5 Å². The standard InChI is InChI=1S/C22H16Cl2N2O6/c1-4-7-32-17-6-5-13(23)8-12(17)9-14-20(27)25-22(29)26(21(14)28)16-11-18(30-2)15(24)10-19(16)31-3/h1,5-6,8-11H,7H2,2-3H3,(H,25,27,29)/b14-9+. The molecule has 1 aliphatic heterocycles. The number of methoxy groups -OCH3 is 2. The van der Waals surface area contributed by atoms with Gasteiger partial charge in [-0.25, -0.2) is 9.69 Å². The van der Waals surface area contributed by atoms with Crippen LogP contribution in [0.5, 0.6) is 17.2 Å². The summed E-state index contributed by atoms with van der Waals surface area (Å²) in [6, 6.07) is 6.39. The zero-order valence-corrected chi connectivity index (χ0v) is 18.4. The summed E-state index contributed by atoms with van der Waals surface area (Å²) in [7, 11) is 2.72. The highest BCUT2D eigenvalue weighted by molar-refractivity contribution is 6.40. The van der Waals surface area contributed by atoms with Gasteiger partial charge in [-0.2, -0.15) is 0 Å². The van der Waals surface area contributed by atoms with E-state index in [0.29, 0.717) is 16.3 Å². The second kappa shape index (κ2) is 9.64. The quantitative estimate of drug-likeness (QED) is 0.389. The summed E-state index contributed by atoms with van der Waals surface area (Å²) in [5.74, 6) is 1.16. The molecule has 2 aromatic rings. The minimum atomic E-state index is -0.963. The van der Waals surface area contributed by atoms with E-state index in [4.69, 9.17) is 43.8 Å². The number of rotatable bonds is 6. The number of halogens is 2. The molecule has 0 spiro atoms. The van der Waals surface area contributed by atoms with Gasteiger partial charge in [0, 0.05) is 22.7 Å². The molecule has 3 rings (SSSR count). The Morgan fingerprint density at radius 2 is 1.78 bits per heavy atom. The summed E-state index contributed by atoms with van der Waals surface area (Å²) in [4.78, 5) is 39.1. The van der Waals surface area contributed by atoms with Crippen LogP contribution in [0.25, 0.3) is 6.08 Å². The molecule has 1 fully saturated rings. The lowest BCUT2D eigenvalue weighted by Gasteiger charge is -2.28. The molecular weight excluding hydrogens is 459 g/mol. The SMILES string of the molecule is C#CCOc1ccc(Cl)cc1/C=C1\C(=O)NC(=O)N(c2cc(OC)c(Cl)cc2OC)C1=O. The van der Waals surface area contributed by atoms with Crippen LogP contribution < -0.4 is 24.4 Å². The Morgan fingerprint density at radius 3 is 2.44 bits per heavy atom. The maximum absolute atomic E-state index is 13.3. The van der Waals surface area contributed by atoms with Crippen molar-refractivity contribution in [2.24, 2.45) is 0 Å². The number of anilines is 1. The van der Waals surface area contributed by atoms with E-state index in [1.807, 2.05) is 0 Å². The normalized spacial score (nSPS) is 14.8. The average Bonchev–Trinajstić information content (AvgIpc) is 2.76. The van der Waals surface area contributed by atoms with Crippen LogP contribution in [-0.4, -0.2) is 38.7 Å². The van der Waals surface area contributed by atoms with Crippen LogP contribution in [0.3, 0.4) is 0 Å². The molecule has 32 heavy (non-hydrogen) atoms. The molecule has 1 saturated heterocycles. The van der Waals surface area contributed by atoms with Crippen molar-refractivity contribution in [1.82, 2.24) is 5.32 Å². The third-order valence-electron chi connectivity index (χ3n) is 4.38. The first kappa shape index (κ1) is 23.0. The van der Waals surface area contributed by atoms with Gasteiger partial charge >= 0.3 is 6.03 Å². The van der Waals surface area contributed by atoms with Gasteiger partial charge in [-0.15, -0.1) is 6.42 Å². The molecule has 0 unspecified atom stereocenters. The smallest absolute Gasteiger partial charge is 0.336 e. The van der Waals surface area contributed by atoms with E-state index in [1.165, 1.54) is 38.5 Å². The summed E-state index contributed by atoms with van der Waals surface area (Å²) >= 11 is 12.2. The van der Waals surface area contributed by atoms with Gasteiger partial charge in [-0.1, -0.05) is 29.1 Å². The zero-order valence-electron chi connectivity index (χ0n) is 16.9. The molecule has 0 aromatic heterocycles. The predicted octanol–water partition coefficient (Wildman–Crippen LogP) is 3.69. The Kier molecular flexibility index (Phi) is 6.93. The number of amides is 4. The monoisotopic (exact) mass is 474 g/mol. The minimum Gasteiger partial charge on any atom is -0.495 e. The Bertz CT molecular complexity index is 1190. The Hall–Kier alpha value is -3.67. The second-order valence-electron chi connectivity index (χ2n) is 6.29. The van der Waals surface area contributed by atoms with E-state index in [2.05, 4.69) is 11.2 Å². The molecule has 0 radical (unpaired) electrons. The van der Waals surface area contributed by atoms with Crippen LogP contribution in [-0.2, 0) is 9.59 Å². The summed E-state index contributed by atoms with van der Waals surface area (Å²) in [6.07, 6.45) is 6.49. The highest BCUT2D eigenvalue weighted by Crippen LogP contribution is 2.39. The van der Waals surface area contributed by atoms with Crippen LogP contribution in [0.2, 0.25) is 10.0 Å². The number of hydrogen-bond donors (Lipinski definition) is 1. The Balaban J connectivity index is 2.12. The molecule has 1 heterocycles. The minimum absolute atomic E-state index is 0.0320. The van der Waals surface area contributed by atoms with E-state index >= 15 is 0 Å². The summed E-state index contributed by atoms with van der Waals surface area (Å²) in [5.41, 5.74) is 0.0131. The molecule has 1 N–H and O–H groups in total. The highest BCUT2D eigenvalue weighted by Gasteiger charge is 2.38. The van der Waals surface area contributed by atoms with Crippen molar-refractivity contribution < 1.29 is 28.6 Å². The number of urea groups is 1. The predicted molar refractivity (Wildman–Crippen MR) is 119 cm³/mol. The molecule has 0 aliphatic carbocycles. The van der Waals surface area contributed by atoms with E-state index in [9.17, 15) is 14.4 Å². The lowest BCUT2D eigenvalue weighted by Crippen LogP contribution is -2.54. The van der Waals surface area contributed by atoms with Gasteiger partial charge in [0.05, 0.1) is 24.9 Å². The highest BCUT2D eigenvalue weighted by atomic mass is 35.5. The molecule has 1 aliphatic rings. The topological polar surface area (TPSA) is 94.2 Å². The number of benzene rings is 2. The molecular formula is C22H16Cl2N2O6. The van der Waals surface area contributed by atoms with Gasteiger partial charge in [0.2, 0.25) is 0 Å². The maximum atomic E-state index is 13.3. The van der Waals surface area contributed by atoms with Crippen molar-refractivity contribution in [1.29, 1.82) is 0 Å². The number of imide groups is 2. The number of hydrogen-bond acceptors (Lipinski definition) is 6. The van der Waals surface area contributed by atoms with Crippen LogP contribution in [0.1, 0.15) is 5.56 Å². The van der Waals surface area contributed by atoms with Crippen molar-refractivity contribution in [2.45, 2.75) is 0 Å². The number of carbonyl (C=O) groups excluding carboxylic acids is 3. The third kappa shape index (κ3) is 4.49. The molecule has 4 amide bonds. The second-order valence-corrected chi connectivity index (χ2v) is 7.14. The molecule has 2 aromatic carbocycles. The van der Waals surface area contributed by atoms with Crippen LogP contribution in [0, 0.1) is 12.3 Å². The molecule has 0 atom stereocenters. The first-order chi connectivity index (χ1) is 15.3. The zero-order chi connectivity index (χ0) is 23.4. The average molecular weight is 475 g/mol. The number of nitrogens with one attached hydrogen (secondary N) is 1. The first-order valence-electron chi connectivity index (χ1n) is 8.99. The van der Waals surface area contributed by atoms with E-state index < -0.39 is 17.8 Å². The van der Waals surface area contributed by atoms with Gasteiger partial charge in [0.15, 0.2) is 0 Å². The number of nitrogens with zero attached hydrogens (tertiary/aromatic N) is 1. The van der Waals surface area contributed by atoms with Crippen molar-refractivity contribution in [3.05, 3.63) is 51.5 Å². The molecule has 164 valence electrons. The van der Waals surface area contributed by atoms with Gasteiger partial charge in [0.25, 0.3) is 11.8 Å². The molecule has 8 nitrogen and oxygen atoms in total. The Labute approximate surface area is 193 Å². The van der Waals surface area contributed by atoms with Gasteiger partial charge < -0.3 is 14.2 Å². The number of terminal acetylenes is 1. The maximum Gasteiger partial charge on any atom is 0.336 e. The third-order valence-corrected chi connectivity index (χ3v) is 4.91.